The maximum absolute atomic E-state index is 12.3. The van der Waals surface area contributed by atoms with Crippen molar-refractivity contribution in [2.75, 3.05) is 0 Å². The Morgan fingerprint density at radius 2 is 1.54 bits per heavy atom. The van der Waals surface area contributed by atoms with Gasteiger partial charge in [0.2, 0.25) is 0 Å². The standard InChI is InChI=1S/C24H27F3O/c1-2-3-16-4-12-22-19(14-16)5-6-20-15-18(9-13-23(20)22)17-7-10-21(11-8-17)28-24(25,26)27/h5-8,10-11,16,18H,2-4,9,12-15H2,1H3. The normalized spacial score (nSPS) is 21.7. The molecule has 0 saturated heterocycles. The zero-order chi connectivity index (χ0) is 19.7. The van der Waals surface area contributed by atoms with Crippen LogP contribution in [0.25, 0.3) is 0 Å². The number of halogens is 3. The second kappa shape index (κ2) is 7.81. The lowest BCUT2D eigenvalue weighted by molar-refractivity contribution is -0.274. The van der Waals surface area contributed by atoms with Crippen LogP contribution in [0, 0.1) is 5.92 Å². The summed E-state index contributed by atoms with van der Waals surface area (Å²) in [5.41, 5.74) is 7.23. The topological polar surface area (TPSA) is 9.23 Å². The molecule has 2 aliphatic rings. The SMILES string of the molecule is CCCC1CCc2c(ccc3c2CCC(c2ccc(OC(F)(F)F)cc2)C3)C1. The highest BCUT2D eigenvalue weighted by molar-refractivity contribution is 5.45. The van der Waals surface area contributed by atoms with Crippen molar-refractivity contribution in [3.8, 4) is 5.75 Å². The van der Waals surface area contributed by atoms with Crippen molar-refractivity contribution in [1.82, 2.24) is 0 Å². The Bertz CT molecular complexity index is 823. The van der Waals surface area contributed by atoms with Crippen molar-refractivity contribution in [2.45, 2.75) is 70.6 Å². The highest BCUT2D eigenvalue weighted by Gasteiger charge is 2.31. The number of ether oxygens (including phenoxy) is 1. The van der Waals surface area contributed by atoms with Gasteiger partial charge in [0.25, 0.3) is 0 Å². The lowest BCUT2D eigenvalue weighted by Gasteiger charge is -2.32. The van der Waals surface area contributed by atoms with E-state index in [4.69, 9.17) is 0 Å². The third kappa shape index (κ3) is 4.21. The fourth-order valence-corrected chi connectivity index (χ4v) is 5.12. The van der Waals surface area contributed by atoms with Crippen LogP contribution in [0.3, 0.4) is 0 Å². The third-order valence-corrected chi connectivity index (χ3v) is 6.43. The fourth-order valence-electron chi connectivity index (χ4n) is 5.12. The summed E-state index contributed by atoms with van der Waals surface area (Å²) in [5, 5.41) is 0. The molecule has 2 aliphatic carbocycles. The maximum atomic E-state index is 12.3. The van der Waals surface area contributed by atoms with Gasteiger partial charge in [0.05, 0.1) is 0 Å². The predicted molar refractivity (Wildman–Crippen MR) is 105 cm³/mol. The van der Waals surface area contributed by atoms with Gasteiger partial charge in [-0.25, -0.2) is 0 Å². The molecule has 2 atom stereocenters. The Hall–Kier alpha value is -1.97. The van der Waals surface area contributed by atoms with Gasteiger partial charge in [-0.15, -0.1) is 13.2 Å². The van der Waals surface area contributed by atoms with Crippen molar-refractivity contribution >= 4 is 0 Å². The molecule has 0 spiro atoms. The van der Waals surface area contributed by atoms with Crippen LogP contribution in [0.2, 0.25) is 0 Å². The van der Waals surface area contributed by atoms with Crippen molar-refractivity contribution in [1.29, 1.82) is 0 Å². The summed E-state index contributed by atoms with van der Waals surface area (Å²) in [4.78, 5) is 0. The van der Waals surface area contributed by atoms with Gasteiger partial charge in [-0.1, -0.05) is 44.0 Å². The Labute approximate surface area is 164 Å². The monoisotopic (exact) mass is 388 g/mol. The zero-order valence-corrected chi connectivity index (χ0v) is 16.3. The zero-order valence-electron chi connectivity index (χ0n) is 16.3. The van der Waals surface area contributed by atoms with E-state index in [1.165, 1.54) is 49.8 Å². The van der Waals surface area contributed by atoms with Gasteiger partial charge in [0, 0.05) is 0 Å². The Morgan fingerprint density at radius 3 is 2.18 bits per heavy atom. The first kappa shape index (κ1) is 19.4. The average molecular weight is 388 g/mol. The molecule has 0 amide bonds. The molecule has 0 saturated carbocycles. The van der Waals surface area contributed by atoms with E-state index in [2.05, 4.69) is 23.8 Å². The first-order chi connectivity index (χ1) is 13.4. The lowest BCUT2D eigenvalue weighted by Crippen LogP contribution is -2.20. The molecular formula is C24H27F3O. The van der Waals surface area contributed by atoms with Gasteiger partial charge in [0.1, 0.15) is 5.75 Å². The van der Waals surface area contributed by atoms with Crippen LogP contribution in [-0.2, 0) is 25.7 Å². The minimum atomic E-state index is -4.64. The minimum absolute atomic E-state index is 0.150. The van der Waals surface area contributed by atoms with Crippen LogP contribution in [0.5, 0.6) is 5.75 Å². The van der Waals surface area contributed by atoms with E-state index in [1.54, 1.807) is 28.8 Å². The van der Waals surface area contributed by atoms with Crippen LogP contribution >= 0.6 is 0 Å². The molecule has 28 heavy (non-hydrogen) atoms. The Kier molecular flexibility index (Phi) is 5.39. The first-order valence-electron chi connectivity index (χ1n) is 10.4. The molecular weight excluding hydrogens is 361 g/mol. The minimum Gasteiger partial charge on any atom is -0.406 e. The predicted octanol–water partition coefficient (Wildman–Crippen LogP) is 6.76. The average Bonchev–Trinajstić information content (AvgIpc) is 2.67. The summed E-state index contributed by atoms with van der Waals surface area (Å²) >= 11 is 0. The van der Waals surface area contributed by atoms with Crippen LogP contribution in [0.15, 0.2) is 36.4 Å². The van der Waals surface area contributed by atoms with Gasteiger partial charge >= 0.3 is 6.36 Å². The quantitative estimate of drug-likeness (QED) is 0.562. The molecule has 2 aromatic carbocycles. The second-order valence-electron chi connectivity index (χ2n) is 8.29. The third-order valence-electron chi connectivity index (χ3n) is 6.43. The molecule has 2 aromatic rings. The van der Waals surface area contributed by atoms with E-state index in [1.807, 2.05) is 0 Å². The number of hydrogen-bond donors (Lipinski definition) is 0. The largest absolute Gasteiger partial charge is 0.573 e. The van der Waals surface area contributed by atoms with E-state index in [0.717, 1.165) is 30.7 Å². The fraction of sp³-hybridized carbons (Fsp3) is 0.500. The van der Waals surface area contributed by atoms with Gasteiger partial charge in [-0.3, -0.25) is 0 Å². The molecule has 4 heteroatoms. The molecule has 0 fully saturated rings. The van der Waals surface area contributed by atoms with Gasteiger partial charge in [0.15, 0.2) is 0 Å². The van der Waals surface area contributed by atoms with Crippen LogP contribution in [-0.4, -0.2) is 6.36 Å². The number of rotatable bonds is 4. The van der Waals surface area contributed by atoms with Crippen molar-refractivity contribution < 1.29 is 17.9 Å². The van der Waals surface area contributed by atoms with Crippen molar-refractivity contribution in [3.05, 3.63) is 64.2 Å². The second-order valence-corrected chi connectivity index (χ2v) is 8.29. The van der Waals surface area contributed by atoms with Crippen LogP contribution < -0.4 is 4.74 Å². The number of alkyl halides is 3. The van der Waals surface area contributed by atoms with Crippen LogP contribution in [0.4, 0.5) is 13.2 Å². The number of fused-ring (bicyclic) bond motifs is 3. The summed E-state index contributed by atoms with van der Waals surface area (Å²) in [7, 11) is 0. The molecule has 0 aromatic heterocycles. The van der Waals surface area contributed by atoms with E-state index in [-0.39, 0.29) is 5.75 Å². The van der Waals surface area contributed by atoms with Gasteiger partial charge < -0.3 is 4.74 Å². The highest BCUT2D eigenvalue weighted by Crippen LogP contribution is 2.39. The summed E-state index contributed by atoms with van der Waals surface area (Å²) in [5.74, 6) is 1.05. The highest BCUT2D eigenvalue weighted by atomic mass is 19.4. The molecule has 0 N–H and O–H groups in total. The molecule has 150 valence electrons. The number of benzene rings is 2. The Balaban J connectivity index is 1.48. The summed E-state index contributed by atoms with van der Waals surface area (Å²) in [6.45, 7) is 2.27. The summed E-state index contributed by atoms with van der Waals surface area (Å²) < 4.78 is 41.0. The molecule has 0 aliphatic heterocycles. The van der Waals surface area contributed by atoms with E-state index in [0.29, 0.717) is 5.92 Å². The summed E-state index contributed by atoms with van der Waals surface area (Å²) in [6.07, 6.45) is 4.79. The van der Waals surface area contributed by atoms with Crippen LogP contribution in [0.1, 0.15) is 66.3 Å². The van der Waals surface area contributed by atoms with Gasteiger partial charge in [-0.2, -0.15) is 0 Å². The molecule has 0 heterocycles. The van der Waals surface area contributed by atoms with E-state index >= 15 is 0 Å². The van der Waals surface area contributed by atoms with Crippen molar-refractivity contribution in [3.63, 3.8) is 0 Å². The maximum Gasteiger partial charge on any atom is 0.573 e. The molecule has 0 bridgehead atoms. The molecule has 4 rings (SSSR count). The smallest absolute Gasteiger partial charge is 0.406 e. The first-order valence-corrected chi connectivity index (χ1v) is 10.4. The van der Waals surface area contributed by atoms with E-state index in [9.17, 15) is 13.2 Å². The lowest BCUT2D eigenvalue weighted by atomic mass is 9.73. The van der Waals surface area contributed by atoms with Gasteiger partial charge in [-0.05, 0) is 90.3 Å². The number of hydrogen-bond acceptors (Lipinski definition) is 1. The summed E-state index contributed by atoms with van der Waals surface area (Å²) in [6, 6.07) is 11.1. The Morgan fingerprint density at radius 1 is 0.893 bits per heavy atom. The molecule has 2 unspecified atom stereocenters. The van der Waals surface area contributed by atoms with E-state index < -0.39 is 6.36 Å². The molecule has 1 nitrogen and oxygen atoms in total. The molecule has 0 radical (unpaired) electrons. The van der Waals surface area contributed by atoms with Crippen molar-refractivity contribution in [2.24, 2.45) is 5.92 Å².